The lowest BCUT2D eigenvalue weighted by Gasteiger charge is -2.03. The topological polar surface area (TPSA) is 52.0 Å². The highest BCUT2D eigenvalue weighted by Crippen LogP contribution is 2.35. The van der Waals surface area contributed by atoms with Gasteiger partial charge in [-0.25, -0.2) is 0 Å². The lowest BCUT2D eigenvalue weighted by molar-refractivity contribution is 0.435. The molecule has 0 fully saturated rings. The number of aromatic nitrogens is 1. The Hall–Kier alpha value is -0.560. The SMILES string of the molecule is Cc1cccc(-c2onc(N)c2I)c1Br. The van der Waals surface area contributed by atoms with Gasteiger partial charge < -0.3 is 10.3 Å². The standard InChI is InChI=1S/C10H8BrIN2O/c1-5-3-2-4-6(7(5)11)9-8(12)10(13)14-15-9/h2-4H,1H3,(H2,13,14). The number of hydrogen-bond donors (Lipinski definition) is 1. The number of rotatable bonds is 1. The molecule has 0 aliphatic carbocycles. The first-order chi connectivity index (χ1) is 7.11. The first-order valence-corrected chi connectivity index (χ1v) is 6.14. The zero-order valence-electron chi connectivity index (χ0n) is 7.92. The van der Waals surface area contributed by atoms with Crippen LogP contribution in [-0.4, -0.2) is 5.16 Å². The van der Waals surface area contributed by atoms with E-state index in [0.717, 1.165) is 19.2 Å². The van der Waals surface area contributed by atoms with E-state index in [9.17, 15) is 0 Å². The molecule has 0 bridgehead atoms. The molecule has 1 aromatic heterocycles. The van der Waals surface area contributed by atoms with Crippen LogP contribution >= 0.6 is 38.5 Å². The summed E-state index contributed by atoms with van der Waals surface area (Å²) in [5, 5.41) is 3.74. The highest BCUT2D eigenvalue weighted by Gasteiger charge is 2.15. The van der Waals surface area contributed by atoms with Gasteiger partial charge >= 0.3 is 0 Å². The normalized spacial score (nSPS) is 10.6. The second kappa shape index (κ2) is 4.13. The number of halogens is 2. The van der Waals surface area contributed by atoms with E-state index in [0.29, 0.717) is 11.6 Å². The number of aryl methyl sites for hydroxylation is 1. The van der Waals surface area contributed by atoms with Crippen molar-refractivity contribution >= 4 is 44.3 Å². The van der Waals surface area contributed by atoms with Crippen molar-refractivity contribution in [3.8, 4) is 11.3 Å². The zero-order valence-corrected chi connectivity index (χ0v) is 11.7. The maximum Gasteiger partial charge on any atom is 0.183 e. The van der Waals surface area contributed by atoms with Gasteiger partial charge in [0.1, 0.15) is 3.57 Å². The zero-order chi connectivity index (χ0) is 11.0. The number of nitrogens with zero attached hydrogens (tertiary/aromatic N) is 1. The van der Waals surface area contributed by atoms with Gasteiger partial charge in [0.15, 0.2) is 11.6 Å². The van der Waals surface area contributed by atoms with Crippen LogP contribution in [0.25, 0.3) is 11.3 Å². The summed E-state index contributed by atoms with van der Waals surface area (Å²) in [6, 6.07) is 5.98. The van der Waals surface area contributed by atoms with Crippen LogP contribution in [0.5, 0.6) is 0 Å². The van der Waals surface area contributed by atoms with Gasteiger partial charge in [0.05, 0.1) is 0 Å². The Balaban J connectivity index is 2.64. The maximum atomic E-state index is 5.64. The van der Waals surface area contributed by atoms with Gasteiger partial charge in [-0.3, -0.25) is 0 Å². The molecule has 0 atom stereocenters. The van der Waals surface area contributed by atoms with E-state index in [4.69, 9.17) is 10.3 Å². The van der Waals surface area contributed by atoms with Crippen molar-refractivity contribution in [1.29, 1.82) is 0 Å². The first-order valence-electron chi connectivity index (χ1n) is 4.27. The number of nitrogens with two attached hydrogens (primary N) is 1. The van der Waals surface area contributed by atoms with E-state index in [1.807, 2.05) is 25.1 Å². The van der Waals surface area contributed by atoms with E-state index in [-0.39, 0.29) is 0 Å². The molecular formula is C10H8BrIN2O. The Kier molecular flexibility index (Phi) is 3.01. The van der Waals surface area contributed by atoms with E-state index >= 15 is 0 Å². The lowest BCUT2D eigenvalue weighted by atomic mass is 10.1. The van der Waals surface area contributed by atoms with E-state index < -0.39 is 0 Å². The van der Waals surface area contributed by atoms with Crippen molar-refractivity contribution in [2.24, 2.45) is 0 Å². The molecule has 0 saturated heterocycles. The summed E-state index contributed by atoms with van der Waals surface area (Å²) < 4.78 is 7.06. The molecule has 0 saturated carbocycles. The van der Waals surface area contributed by atoms with Gasteiger partial charge in [-0.1, -0.05) is 17.3 Å². The molecule has 0 radical (unpaired) electrons. The number of benzene rings is 1. The summed E-state index contributed by atoms with van der Waals surface area (Å²) in [6.07, 6.45) is 0. The summed E-state index contributed by atoms with van der Waals surface area (Å²) in [6.45, 7) is 2.03. The third-order valence-electron chi connectivity index (χ3n) is 2.10. The highest BCUT2D eigenvalue weighted by atomic mass is 127. The molecule has 1 heterocycles. The van der Waals surface area contributed by atoms with Gasteiger partial charge in [-0.2, -0.15) is 0 Å². The van der Waals surface area contributed by atoms with E-state index in [1.165, 1.54) is 0 Å². The Morgan fingerprint density at radius 2 is 2.20 bits per heavy atom. The number of anilines is 1. The van der Waals surface area contributed by atoms with Crippen LogP contribution in [0.4, 0.5) is 5.82 Å². The van der Waals surface area contributed by atoms with E-state index in [2.05, 4.69) is 43.7 Å². The third-order valence-corrected chi connectivity index (χ3v) is 4.19. The molecule has 3 nitrogen and oxygen atoms in total. The number of nitrogen functional groups attached to an aromatic ring is 1. The second-order valence-electron chi connectivity index (χ2n) is 3.15. The minimum absolute atomic E-state index is 0.430. The monoisotopic (exact) mass is 378 g/mol. The molecule has 2 N–H and O–H groups in total. The Morgan fingerprint density at radius 3 is 2.80 bits per heavy atom. The summed E-state index contributed by atoms with van der Waals surface area (Å²) in [5.41, 5.74) is 7.77. The Morgan fingerprint density at radius 1 is 1.47 bits per heavy atom. The van der Waals surface area contributed by atoms with Crippen molar-refractivity contribution in [1.82, 2.24) is 5.16 Å². The highest BCUT2D eigenvalue weighted by molar-refractivity contribution is 14.1. The summed E-state index contributed by atoms with van der Waals surface area (Å²) in [7, 11) is 0. The third kappa shape index (κ3) is 1.90. The van der Waals surface area contributed by atoms with Gasteiger partial charge in [-0.05, 0) is 57.1 Å². The minimum Gasteiger partial charge on any atom is -0.380 e. The first kappa shape index (κ1) is 10.9. The molecular weight excluding hydrogens is 371 g/mol. The van der Waals surface area contributed by atoms with Crippen molar-refractivity contribution in [3.05, 3.63) is 31.8 Å². The summed E-state index contributed by atoms with van der Waals surface area (Å²) in [4.78, 5) is 0. The van der Waals surface area contributed by atoms with Gasteiger partial charge in [-0.15, -0.1) is 0 Å². The molecule has 0 unspecified atom stereocenters. The fourth-order valence-electron chi connectivity index (χ4n) is 1.28. The van der Waals surface area contributed by atoms with Crippen LogP contribution in [0.1, 0.15) is 5.56 Å². The van der Waals surface area contributed by atoms with Crippen LogP contribution in [-0.2, 0) is 0 Å². The van der Waals surface area contributed by atoms with Crippen LogP contribution in [0.2, 0.25) is 0 Å². The Bertz CT molecular complexity index is 510. The largest absolute Gasteiger partial charge is 0.380 e. The minimum atomic E-state index is 0.430. The molecule has 2 aromatic rings. The summed E-state index contributed by atoms with van der Waals surface area (Å²) >= 11 is 5.66. The fraction of sp³-hybridized carbons (Fsp3) is 0.100. The van der Waals surface area contributed by atoms with Gasteiger partial charge in [0, 0.05) is 10.0 Å². The van der Waals surface area contributed by atoms with Gasteiger partial charge in [0.25, 0.3) is 0 Å². The van der Waals surface area contributed by atoms with Gasteiger partial charge in [0.2, 0.25) is 0 Å². The smallest absolute Gasteiger partial charge is 0.183 e. The fourth-order valence-corrected chi connectivity index (χ4v) is 2.21. The molecule has 0 aliphatic rings. The lowest BCUT2D eigenvalue weighted by Crippen LogP contribution is -1.87. The molecule has 15 heavy (non-hydrogen) atoms. The predicted octanol–water partition coefficient (Wildman–Crippen LogP) is 3.60. The van der Waals surface area contributed by atoms with Crippen LogP contribution in [0.3, 0.4) is 0 Å². The van der Waals surface area contributed by atoms with E-state index in [1.54, 1.807) is 0 Å². The average molecular weight is 379 g/mol. The van der Waals surface area contributed by atoms with Crippen molar-refractivity contribution < 1.29 is 4.52 Å². The van der Waals surface area contributed by atoms with Crippen molar-refractivity contribution in [2.45, 2.75) is 6.92 Å². The maximum absolute atomic E-state index is 5.64. The molecule has 5 heteroatoms. The molecule has 2 rings (SSSR count). The number of hydrogen-bond acceptors (Lipinski definition) is 3. The molecule has 0 amide bonds. The van der Waals surface area contributed by atoms with Crippen molar-refractivity contribution in [3.63, 3.8) is 0 Å². The van der Waals surface area contributed by atoms with Crippen LogP contribution < -0.4 is 5.73 Å². The Labute approximate surface area is 109 Å². The molecule has 78 valence electrons. The predicted molar refractivity (Wildman–Crippen MR) is 71.5 cm³/mol. The van der Waals surface area contributed by atoms with Crippen LogP contribution in [0.15, 0.2) is 27.2 Å². The quantitative estimate of drug-likeness (QED) is 0.771. The molecule has 0 spiro atoms. The van der Waals surface area contributed by atoms with Crippen LogP contribution in [0, 0.1) is 10.5 Å². The summed E-state index contributed by atoms with van der Waals surface area (Å²) in [5.74, 6) is 1.14. The molecule has 0 aliphatic heterocycles. The average Bonchev–Trinajstić information content (AvgIpc) is 2.53. The van der Waals surface area contributed by atoms with Crippen molar-refractivity contribution in [2.75, 3.05) is 5.73 Å². The second-order valence-corrected chi connectivity index (χ2v) is 5.02. The molecule has 1 aromatic carbocycles.